The third-order valence-electron chi connectivity index (χ3n) is 9.57. The first-order valence-electron chi connectivity index (χ1n) is 16.9. The molecule has 1 spiro atoms. The molecule has 3 aliphatic rings. The van der Waals surface area contributed by atoms with Crippen molar-refractivity contribution in [2.45, 2.75) is 76.2 Å². The smallest absolute Gasteiger partial charge is 0.310 e. The lowest BCUT2D eigenvalue weighted by atomic mass is 9.74. The van der Waals surface area contributed by atoms with Crippen molar-refractivity contribution in [3.63, 3.8) is 0 Å². The number of nitrogens with one attached hydrogen (secondary N) is 2. The molecular formula is C33H38F6N8O5S. The topological polar surface area (TPSA) is 160 Å². The van der Waals surface area contributed by atoms with Crippen molar-refractivity contribution in [2.75, 3.05) is 31.6 Å². The standard InChI is InChI=1S/C30H30F6N8O5S.C3H8/c1-16-25(46)24(40-39-16)28(48)42-10-8-30(9-11-42)7-4-21-23(30)27(47)44-29(38-26(41-44)17-5-12-49-13-6-17)43(21)15-22(45)37-20-3-2-18(14-19(20)31)50(32,33,34,35)36;1-3-2/h2-3,5,14,46H,4,6-13,15H2,1H3,(H,37,45)(H,39,40);3H2,1-2H3. The molecule has 7 rings (SSSR count). The van der Waals surface area contributed by atoms with E-state index in [4.69, 9.17) is 4.74 Å². The number of aromatic hydroxyl groups is 1. The number of anilines is 1. The quantitative estimate of drug-likeness (QED) is 0.190. The molecular weight excluding hydrogens is 734 g/mol. The second-order valence-corrected chi connectivity index (χ2v) is 15.8. The van der Waals surface area contributed by atoms with Gasteiger partial charge in [-0.15, -0.1) is 5.10 Å². The monoisotopic (exact) mass is 772 g/mol. The third-order valence-corrected chi connectivity index (χ3v) is 10.7. The van der Waals surface area contributed by atoms with Crippen molar-refractivity contribution in [1.29, 1.82) is 0 Å². The number of nitrogens with zero attached hydrogens (tertiary/aromatic N) is 6. The lowest BCUT2D eigenvalue weighted by molar-refractivity contribution is -0.116. The van der Waals surface area contributed by atoms with Crippen LogP contribution in [0, 0.1) is 12.7 Å². The molecule has 2 aliphatic heterocycles. The zero-order valence-corrected chi connectivity index (χ0v) is 29.8. The van der Waals surface area contributed by atoms with Crippen molar-refractivity contribution in [3.8, 4) is 5.75 Å². The van der Waals surface area contributed by atoms with Crippen LogP contribution in [0.25, 0.3) is 11.4 Å². The van der Waals surface area contributed by atoms with E-state index in [0.717, 1.165) is 4.52 Å². The fraction of sp³-hybridized carbons (Fsp3) is 0.455. The number of ether oxygens (including phenoxy) is 1. The minimum Gasteiger partial charge on any atom is -0.504 e. The van der Waals surface area contributed by atoms with E-state index in [9.17, 15) is 43.3 Å². The zero-order valence-electron chi connectivity index (χ0n) is 29.0. The molecule has 2 amide bonds. The van der Waals surface area contributed by atoms with Crippen molar-refractivity contribution in [2.24, 2.45) is 0 Å². The predicted molar refractivity (Wildman–Crippen MR) is 183 cm³/mol. The molecule has 3 N–H and O–H groups in total. The summed E-state index contributed by atoms with van der Waals surface area (Å²) in [5, 5.41) is 23.3. The summed E-state index contributed by atoms with van der Waals surface area (Å²) in [6.07, 6.45) is 4.98. The van der Waals surface area contributed by atoms with E-state index in [-0.39, 0.29) is 54.0 Å². The maximum absolute atomic E-state index is 14.6. The molecule has 0 saturated carbocycles. The molecule has 0 atom stereocenters. The largest absolute Gasteiger partial charge is 0.504 e. The Kier molecular flexibility index (Phi) is 9.24. The van der Waals surface area contributed by atoms with Crippen LogP contribution in [0.4, 0.5) is 29.5 Å². The number of rotatable bonds is 6. The molecule has 3 aromatic heterocycles. The van der Waals surface area contributed by atoms with Crippen LogP contribution >= 0.6 is 10.2 Å². The van der Waals surface area contributed by atoms with E-state index in [1.807, 2.05) is 0 Å². The fourth-order valence-electron chi connectivity index (χ4n) is 6.95. The lowest BCUT2D eigenvalue weighted by Gasteiger charge is -2.40. The molecule has 1 saturated heterocycles. The van der Waals surface area contributed by atoms with Gasteiger partial charge in [0.25, 0.3) is 11.5 Å². The Hall–Kier alpha value is -4.85. The highest BCUT2D eigenvalue weighted by molar-refractivity contribution is 8.45. The number of likely N-dealkylation sites (tertiary alicyclic amines) is 1. The van der Waals surface area contributed by atoms with Gasteiger partial charge >= 0.3 is 10.2 Å². The Balaban J connectivity index is 0.00000155. The van der Waals surface area contributed by atoms with Gasteiger partial charge in [-0.3, -0.25) is 19.5 Å². The highest BCUT2D eigenvalue weighted by Gasteiger charge is 2.65. The Bertz CT molecular complexity index is 2210. The minimum atomic E-state index is -10.2. The van der Waals surface area contributed by atoms with Crippen LogP contribution in [0.1, 0.15) is 79.2 Å². The summed E-state index contributed by atoms with van der Waals surface area (Å²) in [5.41, 5.74) is -0.180. The molecule has 0 unspecified atom stereocenters. The molecule has 53 heavy (non-hydrogen) atoms. The van der Waals surface area contributed by atoms with Gasteiger partial charge in [0.05, 0.1) is 18.9 Å². The molecule has 1 fully saturated rings. The van der Waals surface area contributed by atoms with Crippen molar-refractivity contribution >= 4 is 39.1 Å². The number of aromatic nitrogens is 6. The maximum Gasteiger partial charge on any atom is 0.310 e. The van der Waals surface area contributed by atoms with Gasteiger partial charge in [0.2, 0.25) is 11.7 Å². The molecule has 4 aromatic rings. The number of hydrogen-bond acceptors (Lipinski definition) is 8. The second-order valence-electron chi connectivity index (χ2n) is 13.4. The molecule has 0 radical (unpaired) electrons. The summed E-state index contributed by atoms with van der Waals surface area (Å²) in [6.45, 7) is 6.38. The Morgan fingerprint density at radius 3 is 2.38 bits per heavy atom. The Labute approximate surface area is 298 Å². The second kappa shape index (κ2) is 12.9. The summed E-state index contributed by atoms with van der Waals surface area (Å²) in [4.78, 5) is 44.3. The van der Waals surface area contributed by atoms with Gasteiger partial charge in [0.1, 0.15) is 23.0 Å². The Morgan fingerprint density at radius 1 is 1.09 bits per heavy atom. The normalized spacial score (nSPS) is 18.1. The number of benzene rings is 1. The summed E-state index contributed by atoms with van der Waals surface area (Å²) in [7, 11) is -10.2. The number of carbonyl (C=O) groups is 2. The number of halogens is 6. The van der Waals surface area contributed by atoms with E-state index < -0.39 is 56.0 Å². The highest BCUT2D eigenvalue weighted by Crippen LogP contribution is 3.02. The number of H-pyrrole nitrogens is 1. The van der Waals surface area contributed by atoms with Gasteiger partial charge in [-0.05, 0) is 62.8 Å². The van der Waals surface area contributed by atoms with Crippen LogP contribution in [-0.2, 0) is 27.9 Å². The molecule has 0 bridgehead atoms. The van der Waals surface area contributed by atoms with E-state index in [1.54, 1.807) is 17.9 Å². The van der Waals surface area contributed by atoms with Gasteiger partial charge in [0.15, 0.2) is 17.3 Å². The number of piperidine rings is 1. The van der Waals surface area contributed by atoms with E-state index in [1.165, 1.54) is 11.0 Å². The molecule has 288 valence electrons. The molecule has 5 heterocycles. The van der Waals surface area contributed by atoms with Crippen LogP contribution in [0.3, 0.4) is 0 Å². The van der Waals surface area contributed by atoms with Gasteiger partial charge in [0, 0.05) is 29.8 Å². The highest BCUT2D eigenvalue weighted by atomic mass is 32.5. The van der Waals surface area contributed by atoms with E-state index in [2.05, 4.69) is 39.4 Å². The first-order chi connectivity index (χ1) is 24.8. The number of aryl methyl sites for hydroxylation is 1. The third kappa shape index (κ3) is 7.25. The molecule has 13 nitrogen and oxygen atoms in total. The van der Waals surface area contributed by atoms with Gasteiger partial charge in [-0.25, -0.2) is 4.39 Å². The first-order valence-corrected chi connectivity index (χ1v) is 18.9. The van der Waals surface area contributed by atoms with Crippen LogP contribution in [0.15, 0.2) is 34.0 Å². The first kappa shape index (κ1) is 37.9. The van der Waals surface area contributed by atoms with Gasteiger partial charge in [-0.1, -0.05) is 45.8 Å². The summed E-state index contributed by atoms with van der Waals surface area (Å²) < 4.78 is 88.6. The van der Waals surface area contributed by atoms with E-state index in [0.29, 0.717) is 68.2 Å². The number of amides is 2. The van der Waals surface area contributed by atoms with Crippen LogP contribution in [-0.4, -0.2) is 77.5 Å². The number of carbonyl (C=O) groups excluding carboxylic acids is 2. The van der Waals surface area contributed by atoms with E-state index >= 15 is 0 Å². The fourth-order valence-corrected chi connectivity index (χ4v) is 7.60. The number of fused-ring (bicyclic) bond motifs is 3. The van der Waals surface area contributed by atoms with Crippen molar-refractivity contribution in [3.05, 3.63) is 68.9 Å². The maximum atomic E-state index is 14.6. The van der Waals surface area contributed by atoms with Gasteiger partial charge < -0.3 is 24.6 Å². The SMILES string of the molecule is CCC.Cc1n[nH]c(C(=O)N2CCC3(CCc4c3c(=O)n3nc(C5=CCOCC5)nc3n4CC(=O)Nc3ccc(S(F)(F)(F)(F)F)cc3F)CC2)c1O. The number of hydrogen-bond donors (Lipinski definition) is 3. The lowest BCUT2D eigenvalue weighted by Crippen LogP contribution is -2.46. The van der Waals surface area contributed by atoms with Crippen molar-refractivity contribution < 1.29 is 43.3 Å². The van der Waals surface area contributed by atoms with Crippen LogP contribution in [0.5, 0.6) is 5.75 Å². The Morgan fingerprint density at radius 2 is 1.79 bits per heavy atom. The average Bonchev–Trinajstić information content (AvgIpc) is 3.80. The molecule has 1 aromatic carbocycles. The summed E-state index contributed by atoms with van der Waals surface area (Å²) >= 11 is 0. The minimum absolute atomic E-state index is 0.00206. The van der Waals surface area contributed by atoms with Crippen molar-refractivity contribution in [1.82, 2.24) is 34.3 Å². The summed E-state index contributed by atoms with van der Waals surface area (Å²) in [5.74, 6) is -3.12. The van der Waals surface area contributed by atoms with Gasteiger partial charge in [-0.2, -0.15) is 14.6 Å². The molecule has 20 heteroatoms. The zero-order chi connectivity index (χ0) is 38.6. The summed E-state index contributed by atoms with van der Waals surface area (Å²) in [6, 6.07) is 0.0410. The number of aromatic amines is 1. The van der Waals surface area contributed by atoms with Crippen LogP contribution < -0.4 is 10.9 Å². The predicted octanol–water partition coefficient (Wildman–Crippen LogP) is 6.40. The average molecular weight is 773 g/mol. The van der Waals surface area contributed by atoms with Crippen LogP contribution in [0.2, 0.25) is 0 Å². The molecule has 1 aliphatic carbocycles.